The molecule has 24 heavy (non-hydrogen) atoms. The third-order valence-corrected chi connectivity index (χ3v) is 4.36. The SMILES string of the molecule is CC(C)(C)OC(=O)N1CCC(n2cccc2-c2ccccc2)CC1. The number of likely N-dealkylation sites (tertiary alicyclic amines) is 1. The molecule has 1 aromatic heterocycles. The summed E-state index contributed by atoms with van der Waals surface area (Å²) in [6, 6.07) is 15.1. The number of aromatic nitrogens is 1. The predicted octanol–water partition coefficient (Wildman–Crippen LogP) is 4.73. The highest BCUT2D eigenvalue weighted by Gasteiger charge is 2.28. The van der Waals surface area contributed by atoms with Gasteiger partial charge in [-0.15, -0.1) is 0 Å². The summed E-state index contributed by atoms with van der Waals surface area (Å²) >= 11 is 0. The molecule has 4 heteroatoms. The van der Waals surface area contributed by atoms with Crippen molar-refractivity contribution in [3.05, 3.63) is 48.7 Å². The Morgan fingerprint density at radius 1 is 1.04 bits per heavy atom. The monoisotopic (exact) mass is 326 g/mol. The van der Waals surface area contributed by atoms with Gasteiger partial charge in [-0.05, 0) is 51.3 Å². The maximum Gasteiger partial charge on any atom is 0.410 e. The van der Waals surface area contributed by atoms with Gasteiger partial charge in [0, 0.05) is 31.0 Å². The van der Waals surface area contributed by atoms with Gasteiger partial charge in [0.05, 0.1) is 0 Å². The van der Waals surface area contributed by atoms with Crippen LogP contribution in [0.5, 0.6) is 0 Å². The maximum absolute atomic E-state index is 12.2. The van der Waals surface area contributed by atoms with Crippen LogP contribution in [0.25, 0.3) is 11.3 Å². The van der Waals surface area contributed by atoms with E-state index in [-0.39, 0.29) is 6.09 Å². The molecule has 2 aromatic rings. The minimum absolute atomic E-state index is 0.197. The molecular formula is C20H26N2O2. The quantitative estimate of drug-likeness (QED) is 0.800. The van der Waals surface area contributed by atoms with Gasteiger partial charge in [-0.1, -0.05) is 30.3 Å². The number of rotatable bonds is 2. The highest BCUT2D eigenvalue weighted by atomic mass is 16.6. The lowest BCUT2D eigenvalue weighted by molar-refractivity contribution is 0.0189. The number of carbonyl (C=O) groups is 1. The highest BCUT2D eigenvalue weighted by molar-refractivity contribution is 5.68. The molecule has 4 nitrogen and oxygen atoms in total. The summed E-state index contributed by atoms with van der Waals surface area (Å²) < 4.78 is 7.83. The van der Waals surface area contributed by atoms with Crippen LogP contribution < -0.4 is 0 Å². The summed E-state index contributed by atoms with van der Waals surface area (Å²) in [4.78, 5) is 14.0. The minimum atomic E-state index is -0.436. The number of hydrogen-bond acceptors (Lipinski definition) is 2. The molecule has 0 N–H and O–H groups in total. The number of amides is 1. The maximum atomic E-state index is 12.2. The smallest absolute Gasteiger partial charge is 0.410 e. The van der Waals surface area contributed by atoms with Crippen LogP contribution in [0, 0.1) is 0 Å². The van der Waals surface area contributed by atoms with Crippen LogP contribution in [0.1, 0.15) is 39.7 Å². The average Bonchev–Trinajstić information content (AvgIpc) is 3.04. The van der Waals surface area contributed by atoms with E-state index in [2.05, 4.69) is 47.2 Å². The molecule has 0 atom stereocenters. The van der Waals surface area contributed by atoms with Crippen molar-refractivity contribution in [3.8, 4) is 11.3 Å². The van der Waals surface area contributed by atoms with Gasteiger partial charge in [0.25, 0.3) is 0 Å². The van der Waals surface area contributed by atoms with E-state index in [1.54, 1.807) is 0 Å². The molecule has 3 rings (SSSR count). The fraction of sp³-hybridized carbons (Fsp3) is 0.450. The molecule has 1 aliphatic heterocycles. The Morgan fingerprint density at radius 3 is 2.33 bits per heavy atom. The average molecular weight is 326 g/mol. The number of carbonyl (C=O) groups excluding carboxylic acids is 1. The summed E-state index contributed by atoms with van der Waals surface area (Å²) in [5.41, 5.74) is 2.04. The Bertz CT molecular complexity index is 677. The molecule has 128 valence electrons. The zero-order valence-electron chi connectivity index (χ0n) is 14.7. The van der Waals surface area contributed by atoms with Crippen molar-refractivity contribution in [1.82, 2.24) is 9.47 Å². The zero-order chi connectivity index (χ0) is 17.2. The van der Waals surface area contributed by atoms with Gasteiger partial charge < -0.3 is 14.2 Å². The second kappa shape index (κ2) is 6.71. The van der Waals surface area contributed by atoms with E-state index in [4.69, 9.17) is 4.74 Å². The zero-order valence-corrected chi connectivity index (χ0v) is 14.7. The topological polar surface area (TPSA) is 34.5 Å². The first-order valence-corrected chi connectivity index (χ1v) is 8.64. The molecule has 0 saturated carbocycles. The summed E-state index contributed by atoms with van der Waals surface area (Å²) in [5, 5.41) is 0. The van der Waals surface area contributed by atoms with E-state index in [0.29, 0.717) is 6.04 Å². The van der Waals surface area contributed by atoms with Crippen LogP contribution in [0.3, 0.4) is 0 Å². The number of hydrogen-bond donors (Lipinski definition) is 0. The van der Waals surface area contributed by atoms with Crippen LogP contribution >= 0.6 is 0 Å². The standard InChI is InChI=1S/C20H26N2O2/c1-20(2,3)24-19(23)21-14-11-17(12-15-21)22-13-7-10-18(22)16-8-5-4-6-9-16/h4-10,13,17H,11-12,14-15H2,1-3H3. The van der Waals surface area contributed by atoms with Gasteiger partial charge >= 0.3 is 6.09 Å². The first-order valence-electron chi connectivity index (χ1n) is 8.64. The third kappa shape index (κ3) is 3.81. The molecule has 0 spiro atoms. The van der Waals surface area contributed by atoms with E-state index >= 15 is 0 Å². The second-order valence-electron chi connectivity index (χ2n) is 7.37. The van der Waals surface area contributed by atoms with E-state index in [1.807, 2.05) is 31.7 Å². The van der Waals surface area contributed by atoms with Crippen LogP contribution in [-0.2, 0) is 4.74 Å². The number of benzene rings is 1. The molecule has 0 bridgehead atoms. The summed E-state index contributed by atoms with van der Waals surface area (Å²) in [6.07, 6.45) is 3.86. The first-order chi connectivity index (χ1) is 11.4. The molecular weight excluding hydrogens is 300 g/mol. The Morgan fingerprint density at radius 2 is 1.71 bits per heavy atom. The predicted molar refractivity (Wildman–Crippen MR) is 95.9 cm³/mol. The Kier molecular flexibility index (Phi) is 4.65. The van der Waals surface area contributed by atoms with Crippen molar-refractivity contribution in [1.29, 1.82) is 0 Å². The molecule has 1 amide bonds. The highest BCUT2D eigenvalue weighted by Crippen LogP contribution is 2.30. The van der Waals surface area contributed by atoms with Gasteiger partial charge in [-0.25, -0.2) is 4.79 Å². The molecule has 1 saturated heterocycles. The van der Waals surface area contributed by atoms with Gasteiger partial charge in [0.2, 0.25) is 0 Å². The van der Waals surface area contributed by atoms with Crippen molar-refractivity contribution < 1.29 is 9.53 Å². The lowest BCUT2D eigenvalue weighted by Crippen LogP contribution is -2.42. The molecule has 2 heterocycles. The molecule has 0 radical (unpaired) electrons. The third-order valence-electron chi connectivity index (χ3n) is 4.36. The molecule has 1 aromatic carbocycles. The normalized spacial score (nSPS) is 16.2. The number of ether oxygens (including phenoxy) is 1. The van der Waals surface area contributed by atoms with Gasteiger partial charge in [-0.2, -0.15) is 0 Å². The summed E-state index contributed by atoms with van der Waals surface area (Å²) in [6.45, 7) is 7.20. The number of nitrogens with zero attached hydrogens (tertiary/aromatic N) is 2. The van der Waals surface area contributed by atoms with Crippen molar-refractivity contribution in [3.63, 3.8) is 0 Å². The van der Waals surface area contributed by atoms with Crippen molar-refractivity contribution >= 4 is 6.09 Å². The first kappa shape index (κ1) is 16.6. The molecule has 0 aliphatic carbocycles. The lowest BCUT2D eigenvalue weighted by atomic mass is 10.0. The fourth-order valence-electron chi connectivity index (χ4n) is 3.22. The fourth-order valence-corrected chi connectivity index (χ4v) is 3.22. The van der Waals surface area contributed by atoms with Crippen molar-refractivity contribution in [2.24, 2.45) is 0 Å². The van der Waals surface area contributed by atoms with Gasteiger partial charge in [0.1, 0.15) is 5.60 Å². The van der Waals surface area contributed by atoms with Crippen LogP contribution in [0.15, 0.2) is 48.7 Å². The molecule has 1 fully saturated rings. The Balaban J connectivity index is 1.66. The van der Waals surface area contributed by atoms with Crippen LogP contribution in [-0.4, -0.2) is 34.3 Å². The summed E-state index contributed by atoms with van der Waals surface area (Å²) in [5.74, 6) is 0. The van der Waals surface area contributed by atoms with Crippen LogP contribution in [0.4, 0.5) is 4.79 Å². The van der Waals surface area contributed by atoms with Crippen LogP contribution in [0.2, 0.25) is 0 Å². The summed E-state index contributed by atoms with van der Waals surface area (Å²) in [7, 11) is 0. The van der Waals surface area contributed by atoms with E-state index in [0.717, 1.165) is 25.9 Å². The van der Waals surface area contributed by atoms with Crippen molar-refractivity contribution in [2.75, 3.05) is 13.1 Å². The second-order valence-corrected chi connectivity index (χ2v) is 7.37. The minimum Gasteiger partial charge on any atom is -0.444 e. The van der Waals surface area contributed by atoms with Gasteiger partial charge in [0.15, 0.2) is 0 Å². The Hall–Kier alpha value is -2.23. The van der Waals surface area contributed by atoms with E-state index < -0.39 is 5.60 Å². The van der Waals surface area contributed by atoms with Crippen molar-refractivity contribution in [2.45, 2.75) is 45.3 Å². The van der Waals surface area contributed by atoms with Gasteiger partial charge in [-0.3, -0.25) is 0 Å². The Labute approximate surface area is 144 Å². The van der Waals surface area contributed by atoms with E-state index in [9.17, 15) is 4.79 Å². The molecule has 1 aliphatic rings. The molecule has 0 unspecified atom stereocenters. The number of piperidine rings is 1. The van der Waals surface area contributed by atoms with E-state index in [1.165, 1.54) is 11.3 Å². The largest absolute Gasteiger partial charge is 0.444 e. The lowest BCUT2D eigenvalue weighted by Gasteiger charge is -2.34.